The van der Waals surface area contributed by atoms with Gasteiger partial charge in [-0.1, -0.05) is 6.92 Å². The standard InChI is InChI=1S/C21H31N3O4.C2HF3O2/c1-2-20(25)22-17-3-4-19(18(15-17)21(26)27)24-9-6-16(7-10-24)5-8-23-11-13-28-14-12-23;3-2(4,5)1(6)7/h3-4,15-16H,2,5-14H2,1H3,(H,22,25)(H,26,27);(H,6,7). The van der Waals surface area contributed by atoms with Gasteiger partial charge in [-0.05, 0) is 49.9 Å². The van der Waals surface area contributed by atoms with Gasteiger partial charge in [-0.2, -0.15) is 13.2 Å². The van der Waals surface area contributed by atoms with Crippen molar-refractivity contribution in [3.63, 3.8) is 0 Å². The summed E-state index contributed by atoms with van der Waals surface area (Å²) >= 11 is 0. The molecule has 2 heterocycles. The van der Waals surface area contributed by atoms with Gasteiger partial charge in [-0.25, -0.2) is 9.59 Å². The molecule has 1 amide bonds. The van der Waals surface area contributed by atoms with Crippen LogP contribution in [0, 0.1) is 5.92 Å². The Bertz CT molecular complexity index is 867. The van der Waals surface area contributed by atoms with Crippen molar-refractivity contribution in [2.75, 3.05) is 56.2 Å². The average Bonchev–Trinajstić information content (AvgIpc) is 2.83. The van der Waals surface area contributed by atoms with Crippen molar-refractivity contribution in [1.82, 2.24) is 4.90 Å². The molecule has 2 fully saturated rings. The molecule has 0 atom stereocenters. The van der Waals surface area contributed by atoms with E-state index in [9.17, 15) is 27.9 Å². The first kappa shape index (κ1) is 28.4. The molecule has 0 bridgehead atoms. The number of carboxylic acids is 2. The Balaban J connectivity index is 0.000000540. The Morgan fingerprint density at radius 3 is 2.20 bits per heavy atom. The third-order valence-corrected chi connectivity index (χ3v) is 5.99. The maximum atomic E-state index is 11.8. The number of piperidine rings is 1. The van der Waals surface area contributed by atoms with Crippen LogP contribution in [0.5, 0.6) is 0 Å². The van der Waals surface area contributed by atoms with Crippen molar-refractivity contribution in [2.45, 2.75) is 38.8 Å². The second kappa shape index (κ2) is 13.3. The second-order valence-electron chi connectivity index (χ2n) is 8.41. The van der Waals surface area contributed by atoms with Gasteiger partial charge in [-0.15, -0.1) is 0 Å². The highest BCUT2D eigenvalue weighted by atomic mass is 19.4. The largest absolute Gasteiger partial charge is 0.490 e. The lowest BCUT2D eigenvalue weighted by atomic mass is 9.92. The third kappa shape index (κ3) is 9.36. The summed E-state index contributed by atoms with van der Waals surface area (Å²) in [6.07, 6.45) is -1.36. The highest BCUT2D eigenvalue weighted by Crippen LogP contribution is 2.30. The van der Waals surface area contributed by atoms with Crippen molar-refractivity contribution in [2.24, 2.45) is 5.92 Å². The lowest BCUT2D eigenvalue weighted by molar-refractivity contribution is -0.192. The van der Waals surface area contributed by atoms with Gasteiger partial charge in [0.25, 0.3) is 0 Å². The molecule has 0 spiro atoms. The minimum Gasteiger partial charge on any atom is -0.478 e. The predicted octanol–water partition coefficient (Wildman–Crippen LogP) is 3.31. The molecule has 0 aliphatic carbocycles. The third-order valence-electron chi connectivity index (χ3n) is 5.99. The number of carboxylic acid groups (broad SMARTS) is 2. The van der Waals surface area contributed by atoms with Crippen LogP contribution in [0.1, 0.15) is 43.0 Å². The van der Waals surface area contributed by atoms with E-state index in [4.69, 9.17) is 14.6 Å². The van der Waals surface area contributed by atoms with E-state index in [-0.39, 0.29) is 11.5 Å². The molecule has 196 valence electrons. The molecule has 1 aromatic carbocycles. The quantitative estimate of drug-likeness (QED) is 0.519. The molecule has 3 rings (SSSR count). The van der Waals surface area contributed by atoms with Crippen LogP contribution in [0.25, 0.3) is 0 Å². The number of ether oxygens (including phenoxy) is 1. The summed E-state index contributed by atoms with van der Waals surface area (Å²) in [5.74, 6) is -3.15. The highest BCUT2D eigenvalue weighted by Gasteiger charge is 2.38. The number of hydrogen-bond acceptors (Lipinski definition) is 6. The van der Waals surface area contributed by atoms with Gasteiger partial charge < -0.3 is 25.2 Å². The number of benzene rings is 1. The molecular formula is C23H32F3N3O6. The first-order chi connectivity index (χ1) is 16.5. The molecule has 0 aromatic heterocycles. The molecule has 2 aliphatic rings. The van der Waals surface area contributed by atoms with Gasteiger partial charge in [0.05, 0.1) is 24.5 Å². The number of morpholine rings is 1. The Morgan fingerprint density at radius 1 is 1.09 bits per heavy atom. The van der Waals surface area contributed by atoms with E-state index >= 15 is 0 Å². The van der Waals surface area contributed by atoms with Crippen molar-refractivity contribution in [3.05, 3.63) is 23.8 Å². The first-order valence-electron chi connectivity index (χ1n) is 11.5. The molecule has 3 N–H and O–H groups in total. The predicted molar refractivity (Wildman–Crippen MR) is 123 cm³/mol. The number of hydrogen-bond donors (Lipinski definition) is 3. The Labute approximate surface area is 201 Å². The van der Waals surface area contributed by atoms with Crippen molar-refractivity contribution < 1.29 is 42.5 Å². The number of amides is 1. The van der Waals surface area contributed by atoms with E-state index in [0.29, 0.717) is 18.0 Å². The van der Waals surface area contributed by atoms with Gasteiger partial charge in [0.2, 0.25) is 5.91 Å². The summed E-state index contributed by atoms with van der Waals surface area (Å²) in [6, 6.07) is 5.18. The molecule has 9 nitrogen and oxygen atoms in total. The zero-order valence-corrected chi connectivity index (χ0v) is 19.6. The van der Waals surface area contributed by atoms with Gasteiger partial charge in [0.1, 0.15) is 0 Å². The fraction of sp³-hybridized carbons (Fsp3) is 0.609. The number of carbonyl (C=O) groups is 3. The molecule has 0 radical (unpaired) electrons. The molecular weight excluding hydrogens is 471 g/mol. The molecule has 0 unspecified atom stereocenters. The van der Waals surface area contributed by atoms with Crippen molar-refractivity contribution in [3.8, 4) is 0 Å². The van der Waals surface area contributed by atoms with E-state index in [2.05, 4.69) is 15.1 Å². The number of nitrogens with one attached hydrogen (secondary N) is 1. The lowest BCUT2D eigenvalue weighted by Crippen LogP contribution is -2.39. The smallest absolute Gasteiger partial charge is 0.478 e. The monoisotopic (exact) mass is 503 g/mol. The first-order valence-corrected chi connectivity index (χ1v) is 11.5. The summed E-state index contributed by atoms with van der Waals surface area (Å²) in [5, 5.41) is 19.5. The molecule has 35 heavy (non-hydrogen) atoms. The molecule has 1 aromatic rings. The maximum absolute atomic E-state index is 11.8. The number of halogens is 3. The zero-order valence-electron chi connectivity index (χ0n) is 19.6. The summed E-state index contributed by atoms with van der Waals surface area (Å²) in [6.45, 7) is 8.37. The van der Waals surface area contributed by atoms with Crippen LogP contribution in [-0.4, -0.2) is 85.1 Å². The number of carbonyl (C=O) groups excluding carboxylic acids is 1. The number of rotatable bonds is 7. The number of aliphatic carboxylic acids is 1. The van der Waals surface area contributed by atoms with Crippen molar-refractivity contribution in [1.29, 1.82) is 0 Å². The summed E-state index contributed by atoms with van der Waals surface area (Å²) in [7, 11) is 0. The number of aromatic carboxylic acids is 1. The highest BCUT2D eigenvalue weighted by molar-refractivity contribution is 5.98. The molecule has 2 aliphatic heterocycles. The summed E-state index contributed by atoms with van der Waals surface area (Å²) in [5.41, 5.74) is 1.53. The van der Waals surface area contributed by atoms with E-state index in [1.807, 2.05) is 6.07 Å². The van der Waals surface area contributed by atoms with Crippen LogP contribution in [0.2, 0.25) is 0 Å². The molecule has 2 saturated heterocycles. The van der Waals surface area contributed by atoms with Crippen LogP contribution in [-0.2, 0) is 14.3 Å². The van der Waals surface area contributed by atoms with E-state index in [1.165, 1.54) is 6.42 Å². The van der Waals surface area contributed by atoms with Crippen LogP contribution in [0.15, 0.2) is 18.2 Å². The van der Waals surface area contributed by atoms with Gasteiger partial charge in [0.15, 0.2) is 0 Å². The van der Waals surface area contributed by atoms with Crippen molar-refractivity contribution >= 4 is 29.2 Å². The van der Waals surface area contributed by atoms with Crippen LogP contribution in [0.3, 0.4) is 0 Å². The Hall–Kier alpha value is -2.86. The molecule has 12 heteroatoms. The average molecular weight is 504 g/mol. The number of alkyl halides is 3. The lowest BCUT2D eigenvalue weighted by Gasteiger charge is -2.35. The van der Waals surface area contributed by atoms with Gasteiger partial charge in [-0.3, -0.25) is 9.69 Å². The SMILES string of the molecule is CCC(=O)Nc1ccc(N2CCC(CCN3CCOCC3)CC2)c(C(=O)O)c1.O=C(O)C(F)(F)F. The Morgan fingerprint density at radius 2 is 1.69 bits per heavy atom. The minimum absolute atomic E-state index is 0.120. The second-order valence-corrected chi connectivity index (χ2v) is 8.41. The Kier molecular flexibility index (Phi) is 10.8. The topological polar surface area (TPSA) is 119 Å². The maximum Gasteiger partial charge on any atom is 0.490 e. The summed E-state index contributed by atoms with van der Waals surface area (Å²) < 4.78 is 37.1. The van der Waals surface area contributed by atoms with Gasteiger partial charge in [0, 0.05) is 38.3 Å². The molecule has 0 saturated carbocycles. The zero-order chi connectivity index (χ0) is 26.0. The van der Waals surface area contributed by atoms with Crippen LogP contribution < -0.4 is 10.2 Å². The fourth-order valence-electron chi connectivity index (χ4n) is 3.96. The van der Waals surface area contributed by atoms with Crippen LogP contribution >= 0.6 is 0 Å². The van der Waals surface area contributed by atoms with Gasteiger partial charge >= 0.3 is 18.1 Å². The van der Waals surface area contributed by atoms with E-state index < -0.39 is 18.1 Å². The normalized spacial score (nSPS) is 17.3. The fourth-order valence-corrected chi connectivity index (χ4v) is 3.96. The number of anilines is 2. The number of nitrogens with zero attached hydrogens (tertiary/aromatic N) is 2. The summed E-state index contributed by atoms with van der Waals surface area (Å²) in [4.78, 5) is 36.9. The van der Waals surface area contributed by atoms with E-state index in [1.54, 1.807) is 19.1 Å². The van der Waals surface area contributed by atoms with E-state index in [0.717, 1.165) is 64.5 Å². The minimum atomic E-state index is -5.08. The van der Waals surface area contributed by atoms with Crippen LogP contribution in [0.4, 0.5) is 24.5 Å².